The van der Waals surface area contributed by atoms with Crippen LogP contribution in [0.2, 0.25) is 0 Å². The summed E-state index contributed by atoms with van der Waals surface area (Å²) in [5, 5.41) is 14.4. The van der Waals surface area contributed by atoms with Crippen molar-refractivity contribution >= 4 is 27.9 Å². The molecule has 1 amide bonds. The molecule has 1 N–H and O–H groups in total. The fraction of sp³-hybridized carbons (Fsp3) is 0.312. The van der Waals surface area contributed by atoms with Gasteiger partial charge in [0, 0.05) is 12.1 Å². The fourth-order valence-corrected chi connectivity index (χ4v) is 3.54. The van der Waals surface area contributed by atoms with Crippen LogP contribution < -0.4 is 5.32 Å². The molecule has 5 nitrogen and oxygen atoms in total. The van der Waals surface area contributed by atoms with E-state index in [2.05, 4.69) is 15.5 Å². The van der Waals surface area contributed by atoms with E-state index in [0.717, 1.165) is 29.2 Å². The zero-order chi connectivity index (χ0) is 15.1. The highest BCUT2D eigenvalue weighted by Crippen LogP contribution is 2.35. The number of thiophene rings is 1. The second-order valence-corrected chi connectivity index (χ2v) is 6.60. The van der Waals surface area contributed by atoms with Gasteiger partial charge in [-0.25, -0.2) is 0 Å². The molecule has 112 valence electrons. The van der Waals surface area contributed by atoms with E-state index < -0.39 is 0 Å². The molecule has 3 heterocycles. The molecule has 0 spiro atoms. The van der Waals surface area contributed by atoms with Gasteiger partial charge in [-0.3, -0.25) is 9.20 Å². The third-order valence-electron chi connectivity index (χ3n) is 4.27. The highest BCUT2D eigenvalue weighted by molar-refractivity contribution is 7.14. The average molecular weight is 312 g/mol. The summed E-state index contributed by atoms with van der Waals surface area (Å²) in [5.74, 6) is 1.32. The number of nitrogens with one attached hydrogen (secondary N) is 1. The van der Waals surface area contributed by atoms with Gasteiger partial charge in [0.05, 0.1) is 10.6 Å². The maximum atomic E-state index is 12.6. The number of hydrogen-bond acceptors (Lipinski definition) is 4. The van der Waals surface area contributed by atoms with E-state index in [9.17, 15) is 4.79 Å². The lowest BCUT2D eigenvalue weighted by molar-refractivity contribution is 0.102. The van der Waals surface area contributed by atoms with Crippen LogP contribution in [0.25, 0.3) is 5.65 Å². The average Bonchev–Trinajstić information content (AvgIpc) is 3.05. The van der Waals surface area contributed by atoms with E-state index in [-0.39, 0.29) is 5.91 Å². The maximum Gasteiger partial charge on any atom is 0.260 e. The van der Waals surface area contributed by atoms with Gasteiger partial charge in [-0.2, -0.15) is 0 Å². The van der Waals surface area contributed by atoms with Crippen LogP contribution in [0.1, 0.15) is 46.9 Å². The molecule has 1 fully saturated rings. The quantitative estimate of drug-likeness (QED) is 0.803. The predicted octanol–water partition coefficient (Wildman–Crippen LogP) is 3.62. The lowest BCUT2D eigenvalue weighted by Gasteiger charge is -2.23. The van der Waals surface area contributed by atoms with Crippen molar-refractivity contribution in [3.05, 3.63) is 46.7 Å². The van der Waals surface area contributed by atoms with Gasteiger partial charge in [0.2, 0.25) is 0 Å². The first-order valence-corrected chi connectivity index (χ1v) is 8.31. The van der Waals surface area contributed by atoms with Crippen molar-refractivity contribution in [1.82, 2.24) is 14.6 Å². The van der Waals surface area contributed by atoms with Crippen LogP contribution in [-0.4, -0.2) is 20.5 Å². The molecule has 22 heavy (non-hydrogen) atoms. The molecular formula is C16H16N4OS. The summed E-state index contributed by atoms with van der Waals surface area (Å²) in [4.78, 5) is 12.6. The number of amides is 1. The molecule has 1 saturated carbocycles. The monoisotopic (exact) mass is 312 g/mol. The van der Waals surface area contributed by atoms with Gasteiger partial charge in [-0.05, 0) is 48.9 Å². The zero-order valence-electron chi connectivity index (χ0n) is 12.2. The van der Waals surface area contributed by atoms with Crippen LogP contribution in [0.5, 0.6) is 0 Å². The Kier molecular flexibility index (Phi) is 3.18. The third-order valence-corrected chi connectivity index (χ3v) is 5.20. The third kappa shape index (κ3) is 2.11. The number of pyridine rings is 1. The number of aromatic nitrogens is 3. The Bertz CT molecular complexity index is 847. The molecule has 0 aromatic carbocycles. The molecule has 0 bridgehead atoms. The van der Waals surface area contributed by atoms with Crippen molar-refractivity contribution in [1.29, 1.82) is 0 Å². The number of hydrogen-bond donors (Lipinski definition) is 1. The van der Waals surface area contributed by atoms with E-state index in [1.54, 1.807) is 6.07 Å². The van der Waals surface area contributed by atoms with Gasteiger partial charge in [0.25, 0.3) is 5.91 Å². The van der Waals surface area contributed by atoms with Gasteiger partial charge >= 0.3 is 0 Å². The Labute approximate surface area is 132 Å². The Hall–Kier alpha value is -2.21. The molecule has 1 aliphatic rings. The lowest BCUT2D eigenvalue weighted by Crippen LogP contribution is -2.15. The number of fused-ring (bicyclic) bond motifs is 1. The second kappa shape index (κ2) is 5.21. The molecule has 0 atom stereocenters. The summed E-state index contributed by atoms with van der Waals surface area (Å²) in [5.41, 5.74) is 2.27. The summed E-state index contributed by atoms with van der Waals surface area (Å²) >= 11 is 1.53. The standard InChI is InChI=1S/C16H16N4OS/c1-10-7-9-22-16(10)17-15(21)12-6-3-8-20-13(11-4-2-5-11)18-19-14(12)20/h3,6-9,11H,2,4-5H2,1H3,(H,17,21). The Balaban J connectivity index is 1.70. The van der Waals surface area contributed by atoms with Crippen molar-refractivity contribution in [2.45, 2.75) is 32.1 Å². The fourth-order valence-electron chi connectivity index (χ4n) is 2.73. The van der Waals surface area contributed by atoms with Gasteiger partial charge in [-0.15, -0.1) is 21.5 Å². The number of nitrogens with zero attached hydrogens (tertiary/aromatic N) is 3. The summed E-state index contributed by atoms with van der Waals surface area (Å²) < 4.78 is 1.96. The van der Waals surface area contributed by atoms with Crippen molar-refractivity contribution in [2.75, 3.05) is 5.32 Å². The molecule has 3 aromatic rings. The van der Waals surface area contributed by atoms with E-state index in [0.29, 0.717) is 17.1 Å². The molecule has 0 radical (unpaired) electrons. The zero-order valence-corrected chi connectivity index (χ0v) is 13.1. The van der Waals surface area contributed by atoms with Crippen molar-refractivity contribution in [3.8, 4) is 0 Å². The van der Waals surface area contributed by atoms with Crippen molar-refractivity contribution in [2.24, 2.45) is 0 Å². The predicted molar refractivity (Wildman–Crippen MR) is 86.6 cm³/mol. The van der Waals surface area contributed by atoms with E-state index in [4.69, 9.17) is 0 Å². The molecular weight excluding hydrogens is 296 g/mol. The molecule has 3 aromatic heterocycles. The highest BCUT2D eigenvalue weighted by Gasteiger charge is 2.25. The minimum absolute atomic E-state index is 0.135. The lowest BCUT2D eigenvalue weighted by atomic mass is 9.85. The number of carbonyl (C=O) groups excluding carboxylic acids is 1. The molecule has 0 aliphatic heterocycles. The Morgan fingerprint density at radius 2 is 2.23 bits per heavy atom. The Morgan fingerprint density at radius 1 is 1.36 bits per heavy atom. The van der Waals surface area contributed by atoms with Crippen LogP contribution in [0, 0.1) is 6.92 Å². The number of rotatable bonds is 3. The molecule has 0 saturated heterocycles. The summed E-state index contributed by atoms with van der Waals surface area (Å²) in [6.07, 6.45) is 5.50. The van der Waals surface area contributed by atoms with Crippen LogP contribution in [-0.2, 0) is 0 Å². The first-order valence-electron chi connectivity index (χ1n) is 7.43. The van der Waals surface area contributed by atoms with Crippen LogP contribution in [0.3, 0.4) is 0 Å². The van der Waals surface area contributed by atoms with E-state index >= 15 is 0 Å². The number of carbonyl (C=O) groups is 1. The first kappa shape index (κ1) is 13.5. The van der Waals surface area contributed by atoms with Gasteiger partial charge in [-0.1, -0.05) is 6.42 Å². The summed E-state index contributed by atoms with van der Waals surface area (Å²) in [6.45, 7) is 1.98. The largest absolute Gasteiger partial charge is 0.313 e. The Morgan fingerprint density at radius 3 is 2.91 bits per heavy atom. The molecule has 0 unspecified atom stereocenters. The minimum atomic E-state index is -0.135. The molecule has 4 rings (SSSR count). The second-order valence-electron chi connectivity index (χ2n) is 5.69. The smallest absolute Gasteiger partial charge is 0.260 e. The van der Waals surface area contributed by atoms with Gasteiger partial charge in [0.1, 0.15) is 5.82 Å². The summed E-state index contributed by atoms with van der Waals surface area (Å²) in [7, 11) is 0. The van der Waals surface area contributed by atoms with Crippen molar-refractivity contribution in [3.63, 3.8) is 0 Å². The van der Waals surface area contributed by atoms with Crippen molar-refractivity contribution < 1.29 is 4.79 Å². The van der Waals surface area contributed by atoms with E-state index in [1.165, 1.54) is 17.8 Å². The normalized spacial score (nSPS) is 15.0. The minimum Gasteiger partial charge on any atom is -0.313 e. The number of aryl methyl sites for hydroxylation is 1. The highest BCUT2D eigenvalue weighted by atomic mass is 32.1. The van der Waals surface area contributed by atoms with Crippen LogP contribution >= 0.6 is 11.3 Å². The van der Waals surface area contributed by atoms with Gasteiger partial charge < -0.3 is 5.32 Å². The van der Waals surface area contributed by atoms with Gasteiger partial charge in [0.15, 0.2) is 5.65 Å². The topological polar surface area (TPSA) is 59.3 Å². The van der Waals surface area contributed by atoms with Crippen LogP contribution in [0.4, 0.5) is 5.00 Å². The SMILES string of the molecule is Cc1ccsc1NC(=O)c1cccn2c(C3CCC3)nnc12. The number of anilines is 1. The molecule has 6 heteroatoms. The van der Waals surface area contributed by atoms with E-state index in [1.807, 2.05) is 35.0 Å². The van der Waals surface area contributed by atoms with Crippen LogP contribution in [0.15, 0.2) is 29.8 Å². The maximum absolute atomic E-state index is 12.6. The summed E-state index contributed by atoms with van der Waals surface area (Å²) in [6, 6.07) is 5.67. The first-order chi connectivity index (χ1) is 10.7. The molecule has 1 aliphatic carbocycles.